The Morgan fingerprint density at radius 1 is 1.26 bits per heavy atom. The number of nitrogens with one attached hydrogen (secondary N) is 1. The predicted molar refractivity (Wildman–Crippen MR) is 77.1 cm³/mol. The third kappa shape index (κ3) is 4.48. The van der Waals surface area contributed by atoms with Gasteiger partial charge in [0.05, 0.1) is 6.42 Å². The molecule has 0 saturated heterocycles. The molecule has 3 nitrogen and oxygen atoms in total. The molecular weight excluding hydrogens is 238 g/mol. The third-order valence-corrected chi connectivity index (χ3v) is 5.12. The van der Waals surface area contributed by atoms with Gasteiger partial charge in [-0.1, -0.05) is 32.6 Å². The minimum absolute atomic E-state index is 0.0160. The van der Waals surface area contributed by atoms with Gasteiger partial charge in [-0.25, -0.2) is 0 Å². The summed E-state index contributed by atoms with van der Waals surface area (Å²) in [6.45, 7) is 4.27. The fraction of sp³-hybridized carbons (Fsp3) is 0.938. The lowest BCUT2D eigenvalue weighted by Gasteiger charge is -2.39. The first-order valence-electron chi connectivity index (χ1n) is 8.02. The van der Waals surface area contributed by atoms with Crippen LogP contribution in [0.15, 0.2) is 0 Å². The van der Waals surface area contributed by atoms with Gasteiger partial charge in [0.25, 0.3) is 0 Å². The molecule has 2 saturated carbocycles. The highest BCUT2D eigenvalue weighted by atomic mass is 16.4. The maximum Gasteiger partial charge on any atom is 0.303 e. The van der Waals surface area contributed by atoms with Crippen molar-refractivity contribution in [3.63, 3.8) is 0 Å². The lowest BCUT2D eigenvalue weighted by Crippen LogP contribution is -2.41. The van der Waals surface area contributed by atoms with Crippen molar-refractivity contribution in [3.8, 4) is 0 Å². The fourth-order valence-electron chi connectivity index (χ4n) is 4.23. The van der Waals surface area contributed by atoms with E-state index in [4.69, 9.17) is 0 Å². The van der Waals surface area contributed by atoms with Crippen LogP contribution in [0.4, 0.5) is 0 Å². The Hall–Kier alpha value is -0.570. The number of rotatable bonds is 6. The highest BCUT2D eigenvalue weighted by molar-refractivity contribution is 5.67. The van der Waals surface area contributed by atoms with E-state index in [0.717, 1.165) is 31.8 Å². The van der Waals surface area contributed by atoms with E-state index < -0.39 is 5.97 Å². The van der Waals surface area contributed by atoms with Crippen molar-refractivity contribution < 1.29 is 9.90 Å². The largest absolute Gasteiger partial charge is 0.481 e. The van der Waals surface area contributed by atoms with Crippen LogP contribution in [0.1, 0.15) is 64.7 Å². The fourth-order valence-corrected chi connectivity index (χ4v) is 4.23. The number of carbonyl (C=O) groups is 1. The first kappa shape index (κ1) is 14.8. The summed E-state index contributed by atoms with van der Waals surface area (Å²) in [5.41, 5.74) is 0.0160. The molecule has 0 aromatic carbocycles. The smallest absolute Gasteiger partial charge is 0.303 e. The first-order chi connectivity index (χ1) is 9.10. The lowest BCUT2D eigenvalue weighted by atomic mass is 9.68. The molecule has 2 fully saturated rings. The topological polar surface area (TPSA) is 49.3 Å². The van der Waals surface area contributed by atoms with Crippen molar-refractivity contribution in [2.24, 2.45) is 17.3 Å². The molecule has 0 unspecified atom stereocenters. The van der Waals surface area contributed by atoms with Crippen molar-refractivity contribution in [3.05, 3.63) is 0 Å². The number of aliphatic carboxylic acids is 1. The molecule has 0 spiro atoms. The second kappa shape index (κ2) is 6.74. The van der Waals surface area contributed by atoms with Crippen molar-refractivity contribution in [1.29, 1.82) is 0 Å². The molecular formula is C16H29NO2. The normalized spacial score (nSPS) is 32.6. The van der Waals surface area contributed by atoms with E-state index >= 15 is 0 Å². The van der Waals surface area contributed by atoms with Crippen LogP contribution in [0.3, 0.4) is 0 Å². The van der Waals surface area contributed by atoms with E-state index in [2.05, 4.69) is 12.2 Å². The van der Waals surface area contributed by atoms with Crippen molar-refractivity contribution in [2.75, 3.05) is 13.1 Å². The van der Waals surface area contributed by atoms with E-state index in [9.17, 15) is 9.90 Å². The third-order valence-electron chi connectivity index (χ3n) is 5.12. The number of hydrogen-bond acceptors (Lipinski definition) is 2. The summed E-state index contributed by atoms with van der Waals surface area (Å²) in [4.78, 5) is 11.2. The van der Waals surface area contributed by atoms with Crippen LogP contribution in [0.25, 0.3) is 0 Å². The molecule has 2 rings (SSSR count). The van der Waals surface area contributed by atoms with Crippen LogP contribution in [-0.2, 0) is 4.79 Å². The van der Waals surface area contributed by atoms with Gasteiger partial charge in [-0.2, -0.15) is 0 Å². The van der Waals surface area contributed by atoms with Crippen molar-refractivity contribution in [1.82, 2.24) is 5.32 Å². The Kier molecular flexibility index (Phi) is 5.26. The van der Waals surface area contributed by atoms with Gasteiger partial charge in [0.2, 0.25) is 0 Å². The van der Waals surface area contributed by atoms with Crippen LogP contribution < -0.4 is 5.32 Å². The molecule has 0 bridgehead atoms. The summed E-state index contributed by atoms with van der Waals surface area (Å²) in [6.07, 6.45) is 10.4. The Balaban J connectivity index is 1.83. The average Bonchev–Trinajstić information content (AvgIpc) is 2.80. The van der Waals surface area contributed by atoms with Gasteiger partial charge >= 0.3 is 5.97 Å². The monoisotopic (exact) mass is 267 g/mol. The van der Waals surface area contributed by atoms with Gasteiger partial charge in [0.15, 0.2) is 0 Å². The van der Waals surface area contributed by atoms with E-state index in [1.54, 1.807) is 0 Å². The van der Waals surface area contributed by atoms with E-state index in [1.165, 1.54) is 38.5 Å². The maximum atomic E-state index is 11.2. The molecule has 3 heteroatoms. The van der Waals surface area contributed by atoms with Gasteiger partial charge in [0.1, 0.15) is 0 Å². The summed E-state index contributed by atoms with van der Waals surface area (Å²) in [5, 5.41) is 12.8. The van der Waals surface area contributed by atoms with Gasteiger partial charge < -0.3 is 10.4 Å². The number of hydrogen-bond donors (Lipinski definition) is 2. The number of carboxylic acids is 1. The Morgan fingerprint density at radius 2 is 2.00 bits per heavy atom. The van der Waals surface area contributed by atoms with E-state index in [1.807, 2.05) is 0 Å². The second-order valence-electron chi connectivity index (χ2n) is 7.05. The quantitative estimate of drug-likeness (QED) is 0.775. The van der Waals surface area contributed by atoms with Crippen LogP contribution in [0.2, 0.25) is 0 Å². The molecule has 0 heterocycles. The Labute approximate surface area is 117 Å². The molecule has 2 atom stereocenters. The molecule has 2 aliphatic carbocycles. The Bertz CT molecular complexity index is 299. The molecule has 0 aliphatic heterocycles. The molecule has 0 aromatic heterocycles. The molecule has 0 amide bonds. The van der Waals surface area contributed by atoms with Crippen LogP contribution >= 0.6 is 0 Å². The summed E-state index contributed by atoms with van der Waals surface area (Å²) in [7, 11) is 0. The zero-order chi connectivity index (χ0) is 13.7. The average molecular weight is 267 g/mol. The van der Waals surface area contributed by atoms with Crippen LogP contribution in [0.5, 0.6) is 0 Å². The molecule has 2 aliphatic rings. The highest BCUT2D eigenvalue weighted by Crippen LogP contribution is 2.41. The summed E-state index contributed by atoms with van der Waals surface area (Å²) in [6, 6.07) is 0. The summed E-state index contributed by atoms with van der Waals surface area (Å²) in [5.74, 6) is 0.890. The molecule has 110 valence electrons. The van der Waals surface area contributed by atoms with Crippen molar-refractivity contribution in [2.45, 2.75) is 64.7 Å². The van der Waals surface area contributed by atoms with Crippen LogP contribution in [-0.4, -0.2) is 24.2 Å². The van der Waals surface area contributed by atoms with Gasteiger partial charge in [-0.15, -0.1) is 0 Å². The predicted octanol–water partition coefficient (Wildman–Crippen LogP) is 3.44. The maximum absolute atomic E-state index is 11.2. The second-order valence-corrected chi connectivity index (χ2v) is 7.05. The molecule has 2 N–H and O–H groups in total. The SMILES string of the molecule is C[C@@H]1CCC[C@](CNCC2CCCC2)(CC(=O)O)C1. The minimum Gasteiger partial charge on any atom is -0.481 e. The Morgan fingerprint density at radius 3 is 2.63 bits per heavy atom. The van der Waals surface area contributed by atoms with Gasteiger partial charge in [-0.3, -0.25) is 4.79 Å². The van der Waals surface area contributed by atoms with Gasteiger partial charge in [-0.05, 0) is 49.5 Å². The van der Waals surface area contributed by atoms with Crippen LogP contribution in [0, 0.1) is 17.3 Å². The molecule has 19 heavy (non-hydrogen) atoms. The zero-order valence-electron chi connectivity index (χ0n) is 12.3. The highest BCUT2D eigenvalue weighted by Gasteiger charge is 2.36. The standard InChI is InChI=1S/C16H29NO2/c1-13-5-4-8-16(9-13,10-15(18)19)12-17-11-14-6-2-3-7-14/h13-14,17H,2-12H2,1H3,(H,18,19)/t13-,16-/m1/s1. The van der Waals surface area contributed by atoms with Crippen molar-refractivity contribution >= 4 is 5.97 Å². The first-order valence-corrected chi connectivity index (χ1v) is 8.02. The lowest BCUT2D eigenvalue weighted by molar-refractivity contribution is -0.140. The molecule has 0 radical (unpaired) electrons. The van der Waals surface area contributed by atoms with E-state index in [-0.39, 0.29) is 5.41 Å². The molecule has 0 aromatic rings. The van der Waals surface area contributed by atoms with Gasteiger partial charge in [0, 0.05) is 6.54 Å². The van der Waals surface area contributed by atoms with E-state index in [0.29, 0.717) is 12.3 Å². The number of carboxylic acid groups (broad SMARTS) is 1. The minimum atomic E-state index is -0.628. The summed E-state index contributed by atoms with van der Waals surface area (Å²) < 4.78 is 0. The zero-order valence-corrected chi connectivity index (χ0v) is 12.3. The summed E-state index contributed by atoms with van der Waals surface area (Å²) >= 11 is 0.